The molecule has 18 nitrogen and oxygen atoms in total. The van der Waals surface area contributed by atoms with Crippen molar-refractivity contribution in [3.05, 3.63) is 191 Å². The summed E-state index contributed by atoms with van der Waals surface area (Å²) < 4.78 is 10.5. The molecule has 6 aromatic carbocycles. The molecule has 0 spiro atoms. The molecule has 0 heterocycles. The number of amides is 8. The fourth-order valence-electron chi connectivity index (χ4n) is 11.1. The van der Waals surface area contributed by atoms with E-state index in [0.717, 1.165) is 135 Å². The van der Waals surface area contributed by atoms with Crippen LogP contribution in [0.2, 0.25) is 0 Å². The highest BCUT2D eigenvalue weighted by Crippen LogP contribution is 2.22. The van der Waals surface area contributed by atoms with Crippen molar-refractivity contribution in [2.24, 2.45) is 0 Å². The van der Waals surface area contributed by atoms with Crippen LogP contribution in [0.15, 0.2) is 158 Å². The Morgan fingerprint density at radius 2 is 0.562 bits per heavy atom. The number of ether oxygens (including phenoxy) is 2. The van der Waals surface area contributed by atoms with Crippen molar-refractivity contribution in [1.82, 2.24) is 41.7 Å². The van der Waals surface area contributed by atoms with Gasteiger partial charge in [0.05, 0.1) is 14.2 Å². The number of carbonyl (C=O) groups is 8. The van der Waals surface area contributed by atoms with Crippen LogP contribution in [0.5, 0.6) is 11.5 Å². The zero-order valence-electron chi connectivity index (χ0n) is 56.6. The summed E-state index contributed by atoms with van der Waals surface area (Å²) in [7, 11) is 3.23. The van der Waals surface area contributed by atoms with Gasteiger partial charge in [-0.2, -0.15) is 0 Å². The van der Waals surface area contributed by atoms with Gasteiger partial charge in [-0.05, 0) is 133 Å². The van der Waals surface area contributed by atoms with Crippen molar-refractivity contribution in [2.45, 2.75) is 141 Å². The fraction of sp³-hybridized carbons (Fsp3) is 0.436. The number of nitrogens with zero attached hydrogens (tertiary/aromatic N) is 2. The van der Waals surface area contributed by atoms with E-state index < -0.39 is 0 Å². The smallest absolute Gasteiger partial charge is 0.251 e. The summed E-state index contributed by atoms with van der Waals surface area (Å²) in [5, 5.41) is 17.7. The summed E-state index contributed by atoms with van der Waals surface area (Å²) >= 11 is 0. The van der Waals surface area contributed by atoms with E-state index in [0.29, 0.717) is 88.9 Å². The van der Waals surface area contributed by atoms with Gasteiger partial charge in [0.25, 0.3) is 11.8 Å². The second kappa shape index (κ2) is 45.1. The number of methoxy groups -OCH3 is 2. The lowest BCUT2D eigenvalue weighted by molar-refractivity contribution is -0.139. The molecule has 0 aliphatic heterocycles. The molecule has 6 N–H and O–H groups in total. The van der Waals surface area contributed by atoms with Crippen molar-refractivity contribution in [3.63, 3.8) is 0 Å². The van der Waals surface area contributed by atoms with Crippen molar-refractivity contribution in [1.29, 1.82) is 0 Å². The normalized spacial score (nSPS) is 10.8. The third kappa shape index (κ3) is 30.8. The van der Waals surface area contributed by atoms with Gasteiger partial charge in [0, 0.05) is 63.2 Å². The molecule has 514 valence electrons. The summed E-state index contributed by atoms with van der Waals surface area (Å²) in [4.78, 5) is 107. The first-order chi connectivity index (χ1) is 46.8. The monoisotopic (exact) mass is 1310 g/mol. The molecular formula is C78H102N8O10. The van der Waals surface area contributed by atoms with E-state index >= 15 is 0 Å². The van der Waals surface area contributed by atoms with E-state index in [1.807, 2.05) is 158 Å². The molecule has 0 aliphatic carbocycles. The molecule has 8 amide bonds. The van der Waals surface area contributed by atoms with Gasteiger partial charge in [0.1, 0.15) is 37.7 Å². The molecule has 0 radical (unpaired) electrons. The maximum absolute atomic E-state index is 13.4. The Morgan fingerprint density at radius 3 is 0.854 bits per heavy atom. The Kier molecular flexibility index (Phi) is 35.6. The number of carbonyl (C=O) groups excluding carboxylic acids is 8. The molecule has 6 aromatic rings. The van der Waals surface area contributed by atoms with Crippen molar-refractivity contribution in [3.8, 4) is 22.6 Å². The van der Waals surface area contributed by atoms with Gasteiger partial charge >= 0.3 is 0 Å². The molecule has 0 saturated carbocycles. The fourth-order valence-corrected chi connectivity index (χ4v) is 11.1. The summed E-state index contributed by atoms with van der Waals surface area (Å²) in [6.07, 6.45) is 18.2. The van der Waals surface area contributed by atoms with E-state index in [1.54, 1.807) is 14.2 Å². The van der Waals surface area contributed by atoms with E-state index in [-0.39, 0.29) is 86.3 Å². The van der Waals surface area contributed by atoms with Crippen LogP contribution in [0.25, 0.3) is 11.1 Å². The topological polar surface area (TPSA) is 234 Å². The van der Waals surface area contributed by atoms with Crippen LogP contribution in [-0.2, 0) is 54.5 Å². The largest absolute Gasteiger partial charge is 0.497 e. The minimum atomic E-state index is -0.306. The number of benzene rings is 6. The predicted molar refractivity (Wildman–Crippen MR) is 379 cm³/mol. The molecule has 0 bridgehead atoms. The molecule has 0 fully saturated rings. The first-order valence-electron chi connectivity index (χ1n) is 34.6. The zero-order chi connectivity index (χ0) is 68.2. The molecular weight excluding hydrogens is 1210 g/mol. The zero-order valence-corrected chi connectivity index (χ0v) is 56.6. The molecule has 0 atom stereocenters. The van der Waals surface area contributed by atoms with Gasteiger partial charge in [-0.25, -0.2) is 0 Å². The highest BCUT2D eigenvalue weighted by molar-refractivity contribution is 5.96. The van der Waals surface area contributed by atoms with Crippen LogP contribution in [0.3, 0.4) is 0 Å². The van der Waals surface area contributed by atoms with E-state index in [4.69, 9.17) is 9.47 Å². The molecule has 0 unspecified atom stereocenters. The Balaban J connectivity index is 0.771. The minimum Gasteiger partial charge on any atom is -0.497 e. The molecule has 96 heavy (non-hydrogen) atoms. The second-order valence-electron chi connectivity index (χ2n) is 24.4. The third-order valence-corrected chi connectivity index (χ3v) is 16.8. The predicted octanol–water partition coefficient (Wildman–Crippen LogP) is 10.9. The van der Waals surface area contributed by atoms with Gasteiger partial charge in [0.2, 0.25) is 35.4 Å². The first kappa shape index (κ1) is 75.7. The van der Waals surface area contributed by atoms with Gasteiger partial charge in [-0.3, -0.25) is 38.4 Å². The van der Waals surface area contributed by atoms with Gasteiger partial charge in [-0.1, -0.05) is 186 Å². The second-order valence-corrected chi connectivity index (χ2v) is 24.4. The number of rotatable bonds is 47. The minimum absolute atomic E-state index is 0.117. The van der Waals surface area contributed by atoms with Gasteiger partial charge < -0.3 is 51.2 Å². The Morgan fingerprint density at radius 1 is 0.292 bits per heavy atom. The average molecular weight is 1310 g/mol. The summed E-state index contributed by atoms with van der Waals surface area (Å²) in [5.74, 6) is -0.340. The maximum Gasteiger partial charge on any atom is 0.251 e. The highest BCUT2D eigenvalue weighted by Gasteiger charge is 2.22. The Hall–Kier alpha value is -9.32. The maximum atomic E-state index is 13.4. The van der Waals surface area contributed by atoms with Crippen LogP contribution in [-0.4, -0.2) is 137 Å². The molecule has 18 heteroatoms. The van der Waals surface area contributed by atoms with Crippen LogP contribution < -0.4 is 41.4 Å². The standard InChI is InChI=1S/C78H102N8O10/c1-95-69-43-31-63(32-44-69)49-55-81-73(89)59-85(57-71(87)79-53-47-61-25-17-15-18-26-61)75(91)29-21-11-7-3-5-9-13-23-51-83-77(93)67-39-35-65(36-40-67)66-37-41-68(42-38-66)78(94)84-52-24-14-10-6-4-8-12-22-30-76(92)86(58-72(88)80-54-48-62-27-19-16-20-28-62)60-74(90)82-56-50-64-33-45-70(96-2)46-34-64/h15-20,25-28,31-46H,3-14,21-24,29-30,47-60H2,1-2H3,(H,79,87)(H,80,88)(H,81,89)(H,82,90)(H,83,93)(H,84,94). The van der Waals surface area contributed by atoms with Crippen molar-refractivity contribution >= 4 is 47.3 Å². The van der Waals surface area contributed by atoms with Crippen LogP contribution in [0, 0.1) is 0 Å². The lowest BCUT2D eigenvalue weighted by Gasteiger charge is -2.22. The van der Waals surface area contributed by atoms with Crippen molar-refractivity contribution in [2.75, 3.05) is 79.7 Å². The van der Waals surface area contributed by atoms with E-state index in [1.165, 1.54) is 9.80 Å². The van der Waals surface area contributed by atoms with Gasteiger partial charge in [-0.15, -0.1) is 0 Å². The number of hydrogen-bond donors (Lipinski definition) is 6. The third-order valence-electron chi connectivity index (χ3n) is 16.8. The number of hydrogen-bond acceptors (Lipinski definition) is 10. The first-order valence-corrected chi connectivity index (χ1v) is 34.6. The highest BCUT2D eigenvalue weighted by atomic mass is 16.5. The van der Waals surface area contributed by atoms with Crippen LogP contribution >= 0.6 is 0 Å². The molecule has 0 aromatic heterocycles. The SMILES string of the molecule is COc1ccc(CCNC(=O)CN(CC(=O)NCCc2ccccc2)C(=O)CCCCCCCCCCNC(=O)c2ccc(-c3ccc(C(=O)NCCCCCCCCCCC(=O)N(CC(=O)NCCc4ccccc4)CC(=O)NCCc4ccc(OC)cc4)cc3)cc2)cc1. The van der Waals surface area contributed by atoms with Crippen LogP contribution in [0.1, 0.15) is 159 Å². The quantitative estimate of drug-likeness (QED) is 0.0198. The molecule has 6 rings (SSSR count). The van der Waals surface area contributed by atoms with E-state index in [2.05, 4.69) is 31.9 Å². The molecule has 0 saturated heterocycles. The Bertz CT molecular complexity index is 3040. The summed E-state index contributed by atoms with van der Waals surface area (Å²) in [6, 6.07) is 50.0. The van der Waals surface area contributed by atoms with E-state index in [9.17, 15) is 38.4 Å². The lowest BCUT2D eigenvalue weighted by Crippen LogP contribution is -2.46. The lowest BCUT2D eigenvalue weighted by atomic mass is 10.0. The average Bonchev–Trinajstić information content (AvgIpc) is 1.03. The molecule has 0 aliphatic rings. The van der Waals surface area contributed by atoms with Crippen molar-refractivity contribution < 1.29 is 47.8 Å². The van der Waals surface area contributed by atoms with Gasteiger partial charge in [0.15, 0.2) is 0 Å². The summed E-state index contributed by atoms with van der Waals surface area (Å²) in [5.41, 5.74) is 7.36. The summed E-state index contributed by atoms with van der Waals surface area (Å²) in [6.45, 7) is 2.12. The van der Waals surface area contributed by atoms with Crippen LogP contribution in [0.4, 0.5) is 0 Å². The Labute approximate surface area is 568 Å². The number of nitrogens with one attached hydrogen (secondary N) is 6. The number of unbranched alkanes of at least 4 members (excludes halogenated alkanes) is 14.